The minimum atomic E-state index is -0.136. The second kappa shape index (κ2) is 10.1. The first-order valence-electron chi connectivity index (χ1n) is 10.8. The summed E-state index contributed by atoms with van der Waals surface area (Å²) in [7, 11) is 0. The zero-order valence-electron chi connectivity index (χ0n) is 18.4. The number of rotatable bonds is 8. The molecule has 3 rings (SSSR count). The lowest BCUT2D eigenvalue weighted by Crippen LogP contribution is -2.49. The summed E-state index contributed by atoms with van der Waals surface area (Å²) in [6.45, 7) is 9.11. The van der Waals surface area contributed by atoms with Crippen molar-refractivity contribution in [2.45, 2.75) is 59.0 Å². The van der Waals surface area contributed by atoms with Crippen LogP contribution in [0.2, 0.25) is 0 Å². The topological polar surface area (TPSA) is 49.9 Å². The van der Waals surface area contributed by atoms with Gasteiger partial charge in [0.25, 0.3) is 0 Å². The summed E-state index contributed by atoms with van der Waals surface area (Å²) in [6, 6.07) is 9.95. The largest absolute Gasteiger partial charge is 0.491 e. The Hall–Kier alpha value is -2.34. The van der Waals surface area contributed by atoms with Crippen LogP contribution in [0, 0.1) is 6.92 Å². The van der Waals surface area contributed by atoms with Crippen molar-refractivity contribution in [1.82, 2.24) is 9.80 Å². The molecule has 162 valence electrons. The van der Waals surface area contributed by atoms with Crippen molar-refractivity contribution in [3.8, 4) is 5.75 Å². The number of aryl methyl sites for hydroxylation is 1. The molecular formula is C24H32N2O3S. The molecule has 6 heteroatoms. The van der Waals surface area contributed by atoms with Crippen LogP contribution in [0.4, 0.5) is 0 Å². The fourth-order valence-corrected chi connectivity index (χ4v) is 4.84. The number of fused-ring (bicyclic) bond motifs is 1. The molecule has 0 bridgehead atoms. The van der Waals surface area contributed by atoms with Crippen LogP contribution >= 0.6 is 11.3 Å². The summed E-state index contributed by atoms with van der Waals surface area (Å²) < 4.78 is 6.16. The molecule has 2 heterocycles. The lowest BCUT2D eigenvalue weighted by atomic mass is 10.00. The van der Waals surface area contributed by atoms with Crippen molar-refractivity contribution in [2.75, 3.05) is 19.7 Å². The molecule has 5 nitrogen and oxygen atoms in total. The van der Waals surface area contributed by atoms with E-state index in [-0.39, 0.29) is 30.4 Å². The molecule has 0 fully saturated rings. The smallest absolute Gasteiger partial charge is 0.242 e. The van der Waals surface area contributed by atoms with Crippen molar-refractivity contribution in [2.24, 2.45) is 0 Å². The minimum Gasteiger partial charge on any atom is -0.491 e. The van der Waals surface area contributed by atoms with Crippen molar-refractivity contribution in [1.29, 1.82) is 0 Å². The number of benzene rings is 1. The summed E-state index contributed by atoms with van der Waals surface area (Å²) in [5.74, 6) is 0.862. The Kier molecular flexibility index (Phi) is 7.53. The van der Waals surface area contributed by atoms with E-state index in [2.05, 4.69) is 11.4 Å². The Morgan fingerprint density at radius 1 is 1.27 bits per heavy atom. The number of hydrogen-bond donors (Lipinski definition) is 0. The normalized spacial score (nSPS) is 16.7. The van der Waals surface area contributed by atoms with E-state index in [1.807, 2.05) is 56.9 Å². The van der Waals surface area contributed by atoms with Gasteiger partial charge in [0.2, 0.25) is 11.8 Å². The number of carbonyl (C=O) groups is 2. The van der Waals surface area contributed by atoms with Crippen LogP contribution in [0.5, 0.6) is 5.75 Å². The van der Waals surface area contributed by atoms with E-state index in [0.717, 1.165) is 24.2 Å². The van der Waals surface area contributed by atoms with E-state index in [4.69, 9.17) is 4.74 Å². The number of thiophene rings is 1. The third-order valence-corrected chi connectivity index (χ3v) is 6.95. The zero-order chi connectivity index (χ0) is 21.7. The molecule has 0 spiro atoms. The fraction of sp³-hybridized carbons (Fsp3) is 0.500. The highest BCUT2D eigenvalue weighted by Crippen LogP contribution is 2.34. The maximum atomic E-state index is 13.3. The predicted molar refractivity (Wildman–Crippen MR) is 121 cm³/mol. The zero-order valence-corrected chi connectivity index (χ0v) is 19.2. The highest BCUT2D eigenvalue weighted by atomic mass is 32.1. The van der Waals surface area contributed by atoms with Gasteiger partial charge in [0.15, 0.2) is 0 Å². The average Bonchev–Trinajstić information content (AvgIpc) is 3.24. The molecule has 0 saturated carbocycles. The SMILES string of the molecule is CCC(=O)N(CC(=O)N1CCc2sccc2[C@@H]1COc1ccccc1C)[C@H](C)CC. The lowest BCUT2D eigenvalue weighted by molar-refractivity contribution is -0.144. The molecule has 2 atom stereocenters. The van der Waals surface area contributed by atoms with Gasteiger partial charge < -0.3 is 14.5 Å². The van der Waals surface area contributed by atoms with Crippen LogP contribution in [0.1, 0.15) is 55.7 Å². The standard InChI is InChI=1S/C24H32N2O3S/c1-5-18(4)26(23(27)6-2)15-24(28)25-13-11-22-19(12-14-30-22)20(25)16-29-21-10-8-7-9-17(21)3/h7-10,12,14,18,20H,5-6,11,13,15-16H2,1-4H3/t18-,20+/m1/s1. The van der Waals surface area contributed by atoms with Crippen LogP contribution in [0.15, 0.2) is 35.7 Å². The molecule has 2 aromatic rings. The molecule has 0 radical (unpaired) electrons. The summed E-state index contributed by atoms with van der Waals surface area (Å²) in [6.07, 6.45) is 2.09. The van der Waals surface area contributed by atoms with Gasteiger partial charge in [-0.05, 0) is 55.3 Å². The quantitative estimate of drug-likeness (QED) is 0.617. The number of carbonyl (C=O) groups excluding carboxylic acids is 2. The fourth-order valence-electron chi connectivity index (χ4n) is 3.91. The van der Waals surface area contributed by atoms with Crippen molar-refractivity contribution < 1.29 is 14.3 Å². The highest BCUT2D eigenvalue weighted by Gasteiger charge is 2.34. The molecule has 1 aromatic heterocycles. The van der Waals surface area contributed by atoms with E-state index in [1.165, 1.54) is 10.4 Å². The number of hydrogen-bond acceptors (Lipinski definition) is 4. The van der Waals surface area contributed by atoms with Crippen LogP contribution in [0.3, 0.4) is 0 Å². The van der Waals surface area contributed by atoms with Gasteiger partial charge in [0.1, 0.15) is 18.9 Å². The van der Waals surface area contributed by atoms with Crippen molar-refractivity contribution in [3.63, 3.8) is 0 Å². The maximum absolute atomic E-state index is 13.3. The number of nitrogens with zero attached hydrogens (tertiary/aromatic N) is 2. The van der Waals surface area contributed by atoms with Gasteiger partial charge >= 0.3 is 0 Å². The Morgan fingerprint density at radius 2 is 2.03 bits per heavy atom. The van der Waals surface area contributed by atoms with Crippen LogP contribution in [-0.2, 0) is 16.0 Å². The van der Waals surface area contributed by atoms with Crippen molar-refractivity contribution in [3.05, 3.63) is 51.7 Å². The van der Waals surface area contributed by atoms with Gasteiger partial charge in [-0.3, -0.25) is 9.59 Å². The van der Waals surface area contributed by atoms with Gasteiger partial charge in [-0.15, -0.1) is 11.3 Å². The molecule has 0 saturated heterocycles. The first-order valence-corrected chi connectivity index (χ1v) is 11.7. The Morgan fingerprint density at radius 3 is 2.73 bits per heavy atom. The van der Waals surface area contributed by atoms with Crippen LogP contribution in [0.25, 0.3) is 0 Å². The van der Waals surface area contributed by atoms with Crippen molar-refractivity contribution >= 4 is 23.2 Å². The average molecular weight is 429 g/mol. The summed E-state index contributed by atoms with van der Waals surface area (Å²) in [4.78, 5) is 30.8. The molecule has 0 unspecified atom stereocenters. The highest BCUT2D eigenvalue weighted by molar-refractivity contribution is 7.10. The molecule has 30 heavy (non-hydrogen) atoms. The predicted octanol–water partition coefficient (Wildman–Crippen LogP) is 4.60. The third kappa shape index (κ3) is 4.86. The minimum absolute atomic E-state index is 0.00710. The number of para-hydroxylation sites is 1. The molecule has 1 aliphatic heterocycles. The Balaban J connectivity index is 1.80. The molecule has 0 N–H and O–H groups in total. The van der Waals surface area contributed by atoms with Gasteiger partial charge in [-0.1, -0.05) is 32.0 Å². The maximum Gasteiger partial charge on any atom is 0.242 e. The Labute approximate surface area is 183 Å². The van der Waals surface area contributed by atoms with E-state index in [0.29, 0.717) is 19.6 Å². The van der Waals surface area contributed by atoms with Gasteiger partial charge in [0.05, 0.1) is 6.04 Å². The number of amides is 2. The summed E-state index contributed by atoms with van der Waals surface area (Å²) in [5.41, 5.74) is 2.25. The van der Waals surface area contributed by atoms with E-state index >= 15 is 0 Å². The van der Waals surface area contributed by atoms with Gasteiger partial charge in [-0.2, -0.15) is 0 Å². The van der Waals surface area contributed by atoms with Crippen LogP contribution < -0.4 is 4.74 Å². The lowest BCUT2D eigenvalue weighted by Gasteiger charge is -2.38. The van der Waals surface area contributed by atoms with Gasteiger partial charge in [-0.25, -0.2) is 0 Å². The van der Waals surface area contributed by atoms with E-state index in [9.17, 15) is 9.59 Å². The first kappa shape index (κ1) is 22.3. The number of ether oxygens (including phenoxy) is 1. The van der Waals surface area contributed by atoms with E-state index < -0.39 is 0 Å². The summed E-state index contributed by atoms with van der Waals surface area (Å²) >= 11 is 1.74. The second-order valence-corrected chi connectivity index (χ2v) is 8.86. The molecule has 2 amide bonds. The van der Waals surface area contributed by atoms with Gasteiger partial charge in [0, 0.05) is 23.9 Å². The molecule has 0 aliphatic carbocycles. The molecule has 1 aliphatic rings. The van der Waals surface area contributed by atoms with E-state index in [1.54, 1.807) is 16.2 Å². The van der Waals surface area contributed by atoms with Crippen LogP contribution in [-0.4, -0.2) is 47.4 Å². The monoisotopic (exact) mass is 428 g/mol. The molecular weight excluding hydrogens is 396 g/mol. The summed E-state index contributed by atoms with van der Waals surface area (Å²) in [5, 5.41) is 2.09. The molecule has 1 aromatic carbocycles. The second-order valence-electron chi connectivity index (χ2n) is 7.86. The first-order chi connectivity index (χ1) is 14.5. The Bertz CT molecular complexity index is 879. The third-order valence-electron chi connectivity index (χ3n) is 5.96.